The molecule has 62 heavy (non-hydrogen) atoms. The molecular formula is C46H54I2N4O10. The number of piperidine rings is 1. The first-order valence-corrected chi connectivity index (χ1v) is 23.6. The van der Waals surface area contributed by atoms with Crippen LogP contribution in [0.1, 0.15) is 75.3 Å². The number of aromatic nitrogens is 1. The average Bonchev–Trinajstić information content (AvgIpc) is 3.92. The molecule has 6 aliphatic rings. The van der Waals surface area contributed by atoms with Gasteiger partial charge in [0, 0.05) is 85.3 Å². The molecule has 1 aliphatic carbocycles. The fraction of sp³-hybridized carbons (Fsp3) is 0.565. The van der Waals surface area contributed by atoms with Crippen molar-refractivity contribution in [2.75, 3.05) is 59.0 Å². The SMILES string of the molecule is CC[C@]1(O)C[C@H]2CN(CCc3c([nH]c4cc(I)c(I)cc34)[C@@](C(=O)OC)(c3cc4c(cc3OC)N(C=O)C3[C@]45CCN4CC=C[C@@](CC)([C@@H](OC(C)=O)[C@]3(O)C(=O)OC)[C@H]45)C2)C1. The molecule has 2 aromatic carbocycles. The van der Waals surface area contributed by atoms with Gasteiger partial charge in [-0.05, 0) is 125 Å². The smallest absolute Gasteiger partial charge is 0.344 e. The summed E-state index contributed by atoms with van der Waals surface area (Å²) in [5, 5.41) is 26.4. The Labute approximate surface area is 388 Å². The van der Waals surface area contributed by atoms with E-state index >= 15 is 4.79 Å². The summed E-state index contributed by atoms with van der Waals surface area (Å²) < 4.78 is 25.9. The minimum Gasteiger partial charge on any atom is -0.496 e. The topological polar surface area (TPSA) is 171 Å². The third-order valence-electron chi connectivity index (χ3n) is 15.6. The number of nitrogens with zero attached hydrogens (tertiary/aromatic N) is 3. The Balaban J connectivity index is 1.39. The van der Waals surface area contributed by atoms with Crippen LogP contribution in [0.3, 0.4) is 0 Å². The van der Waals surface area contributed by atoms with Crippen LogP contribution < -0.4 is 9.64 Å². The molecule has 1 spiro atoms. The van der Waals surface area contributed by atoms with Gasteiger partial charge >= 0.3 is 17.9 Å². The maximum Gasteiger partial charge on any atom is 0.344 e. The number of aliphatic hydroxyl groups is 2. The van der Waals surface area contributed by atoms with Crippen molar-refractivity contribution in [3.05, 3.63) is 65.9 Å². The molecule has 2 bridgehead atoms. The molecule has 5 aliphatic heterocycles. The maximum absolute atomic E-state index is 15.5. The standard InChI is InChI=1S/C46H54I2N4O10/c1-7-42(57)20-26-21-45(40(55)60-5,36-27(10-14-50(22-26)23-42)28-16-31(47)32(48)18-33(28)49-36)30-17-29-34(19-35(30)59-4)52(24-53)38-44(29)12-15-51-13-9-11-43(8-2,37(44)51)39(62-25(3)54)46(38,58)41(56)61-6/h9,11,16-19,24,26,37-39,49,57-58H,7-8,10,12-15,20-23H2,1-6H3/t26-,37+,38?,39-,42+,43-,44-,45+,46+/m1/s1. The van der Waals surface area contributed by atoms with Gasteiger partial charge in [-0.25, -0.2) is 4.79 Å². The van der Waals surface area contributed by atoms with Crippen molar-refractivity contribution in [2.45, 2.75) is 99.5 Å². The van der Waals surface area contributed by atoms with Crippen molar-refractivity contribution in [1.82, 2.24) is 14.8 Å². The number of H-pyrrole nitrogens is 1. The van der Waals surface area contributed by atoms with E-state index in [-0.39, 0.29) is 12.3 Å². The van der Waals surface area contributed by atoms with Gasteiger partial charge in [-0.1, -0.05) is 26.0 Å². The first-order chi connectivity index (χ1) is 29.6. The molecule has 1 saturated carbocycles. The van der Waals surface area contributed by atoms with E-state index < -0.39 is 63.5 Å². The predicted octanol–water partition coefficient (Wildman–Crippen LogP) is 4.73. The number of carbonyl (C=O) groups is 4. The van der Waals surface area contributed by atoms with Crippen LogP contribution >= 0.6 is 45.2 Å². The molecule has 6 heterocycles. The van der Waals surface area contributed by atoms with Crippen LogP contribution in [0.15, 0.2) is 36.4 Å². The summed E-state index contributed by atoms with van der Waals surface area (Å²) in [4.78, 5) is 66.5. The minimum absolute atomic E-state index is 0.164. The second kappa shape index (κ2) is 15.4. The maximum atomic E-state index is 15.5. The highest BCUT2D eigenvalue weighted by atomic mass is 127. The number of hydrogen-bond acceptors (Lipinski definition) is 12. The molecule has 16 heteroatoms. The Morgan fingerprint density at radius 1 is 0.952 bits per heavy atom. The summed E-state index contributed by atoms with van der Waals surface area (Å²) in [6.07, 6.45) is 5.81. The molecule has 3 fully saturated rings. The fourth-order valence-corrected chi connectivity index (χ4v) is 14.3. The van der Waals surface area contributed by atoms with Gasteiger partial charge in [0.15, 0.2) is 6.10 Å². The van der Waals surface area contributed by atoms with Gasteiger partial charge < -0.3 is 39.0 Å². The van der Waals surface area contributed by atoms with Gasteiger partial charge in [-0.15, -0.1) is 0 Å². The normalized spacial score (nSPS) is 35.7. The first-order valence-electron chi connectivity index (χ1n) is 21.5. The zero-order chi connectivity index (χ0) is 44.3. The summed E-state index contributed by atoms with van der Waals surface area (Å²) >= 11 is 4.67. The molecule has 2 saturated heterocycles. The summed E-state index contributed by atoms with van der Waals surface area (Å²) in [5.74, 6) is -2.08. The van der Waals surface area contributed by atoms with Crippen molar-refractivity contribution in [3.8, 4) is 5.75 Å². The first kappa shape index (κ1) is 43.9. The van der Waals surface area contributed by atoms with E-state index in [2.05, 4.69) is 72.1 Å². The zero-order valence-electron chi connectivity index (χ0n) is 35.9. The Hall–Kier alpha value is -3.30. The molecule has 0 radical (unpaired) electrons. The predicted molar refractivity (Wildman–Crippen MR) is 246 cm³/mol. The highest BCUT2D eigenvalue weighted by Gasteiger charge is 2.81. The summed E-state index contributed by atoms with van der Waals surface area (Å²) in [5.41, 5.74) is -3.18. The van der Waals surface area contributed by atoms with E-state index in [4.69, 9.17) is 18.9 Å². The monoisotopic (exact) mass is 1080 g/mol. The van der Waals surface area contributed by atoms with Gasteiger partial charge in [0.2, 0.25) is 12.0 Å². The van der Waals surface area contributed by atoms with Crippen molar-refractivity contribution in [2.24, 2.45) is 11.3 Å². The Kier molecular flexibility index (Phi) is 10.9. The molecule has 2 unspecified atom stereocenters. The summed E-state index contributed by atoms with van der Waals surface area (Å²) in [6, 6.07) is 6.23. The van der Waals surface area contributed by atoms with Crippen LogP contribution in [0.5, 0.6) is 5.75 Å². The fourth-order valence-electron chi connectivity index (χ4n) is 13.4. The number of fused-ring (bicyclic) bond motifs is 6. The Morgan fingerprint density at radius 2 is 1.69 bits per heavy atom. The number of ether oxygens (including phenoxy) is 4. The number of carbonyl (C=O) groups excluding carboxylic acids is 4. The second-order valence-electron chi connectivity index (χ2n) is 18.4. The van der Waals surface area contributed by atoms with Crippen LogP contribution in [0.4, 0.5) is 5.69 Å². The van der Waals surface area contributed by atoms with Gasteiger partial charge in [0.25, 0.3) is 0 Å². The lowest BCUT2D eigenvalue weighted by Gasteiger charge is -2.63. The van der Waals surface area contributed by atoms with Crippen LogP contribution in [0, 0.1) is 18.5 Å². The lowest BCUT2D eigenvalue weighted by Crippen LogP contribution is -2.81. The number of hydrogen-bond donors (Lipinski definition) is 3. The number of amides is 1. The number of aromatic amines is 1. The van der Waals surface area contributed by atoms with E-state index in [1.54, 1.807) is 6.07 Å². The highest BCUT2D eigenvalue weighted by molar-refractivity contribution is 14.1. The van der Waals surface area contributed by atoms with Gasteiger partial charge in [-0.3, -0.25) is 24.2 Å². The van der Waals surface area contributed by atoms with Gasteiger partial charge in [0.05, 0.1) is 38.7 Å². The lowest BCUT2D eigenvalue weighted by molar-refractivity contribution is -0.228. The van der Waals surface area contributed by atoms with Crippen molar-refractivity contribution < 1.29 is 48.3 Å². The third kappa shape index (κ3) is 5.83. The number of benzene rings is 2. The van der Waals surface area contributed by atoms with Crippen molar-refractivity contribution >= 4 is 86.1 Å². The number of halogens is 2. The number of nitrogens with one attached hydrogen (secondary N) is 1. The van der Waals surface area contributed by atoms with Crippen LogP contribution in [-0.4, -0.2) is 133 Å². The van der Waals surface area contributed by atoms with E-state index in [0.717, 1.165) is 23.6 Å². The summed E-state index contributed by atoms with van der Waals surface area (Å²) in [6.45, 7) is 8.15. The Morgan fingerprint density at radius 3 is 2.35 bits per heavy atom. The lowest BCUT2D eigenvalue weighted by atomic mass is 9.47. The largest absolute Gasteiger partial charge is 0.496 e. The van der Waals surface area contributed by atoms with E-state index in [9.17, 15) is 24.6 Å². The molecule has 1 amide bonds. The van der Waals surface area contributed by atoms with Gasteiger partial charge in [0.1, 0.15) is 11.2 Å². The van der Waals surface area contributed by atoms with Crippen molar-refractivity contribution in [1.29, 1.82) is 0 Å². The number of anilines is 1. The molecular weight excluding hydrogens is 1020 g/mol. The molecule has 9 rings (SSSR count). The number of rotatable bonds is 8. The number of methoxy groups -OCH3 is 3. The second-order valence-corrected chi connectivity index (χ2v) is 20.7. The average molecular weight is 1080 g/mol. The third-order valence-corrected chi connectivity index (χ3v) is 18.5. The van der Waals surface area contributed by atoms with Crippen LogP contribution in [0.25, 0.3) is 10.9 Å². The summed E-state index contributed by atoms with van der Waals surface area (Å²) in [7, 11) is 4.10. The zero-order valence-corrected chi connectivity index (χ0v) is 40.2. The quantitative estimate of drug-likeness (QED) is 0.0934. The van der Waals surface area contributed by atoms with E-state index in [1.165, 1.54) is 33.2 Å². The van der Waals surface area contributed by atoms with E-state index in [0.29, 0.717) is 99.5 Å². The molecule has 3 N–H and O–H groups in total. The molecule has 3 aromatic rings. The van der Waals surface area contributed by atoms with Crippen molar-refractivity contribution in [3.63, 3.8) is 0 Å². The van der Waals surface area contributed by atoms with E-state index in [1.807, 2.05) is 32.1 Å². The van der Waals surface area contributed by atoms with Crippen LogP contribution in [-0.2, 0) is 50.6 Å². The molecule has 332 valence electrons. The van der Waals surface area contributed by atoms with Crippen LogP contribution in [0.2, 0.25) is 0 Å². The molecule has 10 atom stereocenters. The Bertz CT molecular complexity index is 2420. The molecule has 14 nitrogen and oxygen atoms in total. The minimum atomic E-state index is -2.54. The molecule has 1 aromatic heterocycles. The highest BCUT2D eigenvalue weighted by Crippen LogP contribution is 2.68. The van der Waals surface area contributed by atoms with Gasteiger partial charge in [-0.2, -0.15) is 0 Å². The number of esters is 3.